The number of nitrogens with zero attached hydrogens (tertiary/aromatic N) is 5. The minimum Gasteiger partial charge on any atom is -0.356 e. The normalized spacial score (nSPS) is 17.4. The highest BCUT2D eigenvalue weighted by atomic mass is 35.5. The number of benzene rings is 1. The number of amides is 2. The van der Waals surface area contributed by atoms with E-state index in [4.69, 9.17) is 11.6 Å². The summed E-state index contributed by atoms with van der Waals surface area (Å²) in [5.74, 6) is 2.77. The van der Waals surface area contributed by atoms with Crippen LogP contribution in [0.4, 0.5) is 22.1 Å². The molecule has 4 rings (SSSR count). The summed E-state index contributed by atoms with van der Waals surface area (Å²) in [6, 6.07) is 9.21. The molecule has 3 heterocycles. The average Bonchev–Trinajstić information content (AvgIpc) is 2.74. The predicted octanol–water partition coefficient (Wildman–Crippen LogP) is 3.78. The van der Waals surface area contributed by atoms with E-state index >= 15 is 0 Å². The average molecular weight is 415 g/mol. The molecule has 0 unspecified atom stereocenters. The van der Waals surface area contributed by atoms with Crippen molar-refractivity contribution >= 4 is 35.0 Å². The van der Waals surface area contributed by atoms with Gasteiger partial charge in [-0.15, -0.1) is 0 Å². The van der Waals surface area contributed by atoms with Crippen LogP contribution < -0.4 is 15.1 Å². The summed E-state index contributed by atoms with van der Waals surface area (Å²) in [6.07, 6.45) is 3.74. The van der Waals surface area contributed by atoms with Gasteiger partial charge in [0.1, 0.15) is 17.5 Å². The Morgan fingerprint density at radius 3 is 2.24 bits per heavy atom. The summed E-state index contributed by atoms with van der Waals surface area (Å²) in [4.78, 5) is 28.3. The number of carbonyl (C=O) groups is 1. The third kappa shape index (κ3) is 4.90. The van der Waals surface area contributed by atoms with E-state index in [2.05, 4.69) is 31.2 Å². The van der Waals surface area contributed by atoms with Gasteiger partial charge >= 0.3 is 6.03 Å². The number of piperidine rings is 1. The number of hydrogen-bond acceptors (Lipinski definition) is 5. The molecule has 0 atom stereocenters. The molecule has 2 fully saturated rings. The van der Waals surface area contributed by atoms with Crippen molar-refractivity contribution in [1.29, 1.82) is 0 Å². The lowest BCUT2D eigenvalue weighted by molar-refractivity contribution is 0.208. The molecule has 2 aliphatic heterocycles. The number of urea groups is 1. The van der Waals surface area contributed by atoms with Crippen LogP contribution in [0.15, 0.2) is 30.3 Å². The number of carbonyl (C=O) groups excluding carboxylic acids is 1. The summed E-state index contributed by atoms with van der Waals surface area (Å²) in [7, 11) is 0. The quantitative estimate of drug-likeness (QED) is 0.827. The van der Waals surface area contributed by atoms with E-state index in [0.29, 0.717) is 23.8 Å². The second kappa shape index (κ2) is 8.86. The second-order valence-corrected chi connectivity index (χ2v) is 8.03. The Morgan fingerprint density at radius 2 is 1.59 bits per heavy atom. The Kier molecular flexibility index (Phi) is 6.04. The molecule has 0 aliphatic carbocycles. The van der Waals surface area contributed by atoms with Crippen LogP contribution in [0.5, 0.6) is 0 Å². The number of aromatic nitrogens is 2. The highest BCUT2D eigenvalue weighted by Crippen LogP contribution is 2.23. The first-order chi connectivity index (χ1) is 14.1. The zero-order valence-electron chi connectivity index (χ0n) is 16.8. The maximum absolute atomic E-state index is 12.6. The van der Waals surface area contributed by atoms with Gasteiger partial charge < -0.3 is 20.0 Å². The number of nitrogens with one attached hydrogen (secondary N) is 1. The van der Waals surface area contributed by atoms with Gasteiger partial charge in [-0.2, -0.15) is 0 Å². The van der Waals surface area contributed by atoms with Crippen LogP contribution >= 0.6 is 11.6 Å². The van der Waals surface area contributed by atoms with E-state index in [9.17, 15) is 4.79 Å². The lowest BCUT2D eigenvalue weighted by Crippen LogP contribution is -2.50. The SMILES string of the molecule is Cc1nc(N2CCCCC2)cc(N2CCN(C(=O)Nc3cccc(Cl)c3)CC2)n1. The summed E-state index contributed by atoms with van der Waals surface area (Å²) < 4.78 is 0. The van der Waals surface area contributed by atoms with Crippen molar-refractivity contribution in [1.82, 2.24) is 14.9 Å². The number of rotatable bonds is 3. The van der Waals surface area contributed by atoms with Crippen LogP contribution in [0.2, 0.25) is 5.02 Å². The second-order valence-electron chi connectivity index (χ2n) is 7.59. The van der Waals surface area contributed by atoms with Crippen molar-refractivity contribution in [3.8, 4) is 0 Å². The van der Waals surface area contributed by atoms with Gasteiger partial charge in [0.15, 0.2) is 0 Å². The molecule has 29 heavy (non-hydrogen) atoms. The molecular formula is C21H27ClN6O. The molecule has 1 N–H and O–H groups in total. The maximum atomic E-state index is 12.6. The lowest BCUT2D eigenvalue weighted by Gasteiger charge is -2.36. The van der Waals surface area contributed by atoms with Gasteiger partial charge in [-0.25, -0.2) is 14.8 Å². The number of piperazine rings is 1. The lowest BCUT2D eigenvalue weighted by atomic mass is 10.1. The van der Waals surface area contributed by atoms with E-state index < -0.39 is 0 Å². The third-order valence-corrected chi connectivity index (χ3v) is 5.69. The van der Waals surface area contributed by atoms with E-state index in [1.807, 2.05) is 24.0 Å². The Balaban J connectivity index is 1.38. The third-order valence-electron chi connectivity index (χ3n) is 5.46. The fourth-order valence-electron chi connectivity index (χ4n) is 3.89. The van der Waals surface area contributed by atoms with Crippen molar-refractivity contribution in [2.75, 3.05) is 54.4 Å². The van der Waals surface area contributed by atoms with Gasteiger partial charge in [0, 0.05) is 56.0 Å². The molecule has 8 heteroatoms. The molecule has 2 amide bonds. The Morgan fingerprint density at radius 1 is 0.931 bits per heavy atom. The fourth-order valence-corrected chi connectivity index (χ4v) is 4.08. The molecule has 0 spiro atoms. The summed E-state index contributed by atoms with van der Waals surface area (Å²) >= 11 is 6.00. The summed E-state index contributed by atoms with van der Waals surface area (Å²) in [6.45, 7) is 6.87. The van der Waals surface area contributed by atoms with Gasteiger partial charge in [0.2, 0.25) is 0 Å². The van der Waals surface area contributed by atoms with Crippen LogP contribution in [-0.4, -0.2) is 60.2 Å². The van der Waals surface area contributed by atoms with Crippen molar-refractivity contribution < 1.29 is 4.79 Å². The standard InChI is InChI=1S/C21H27ClN6O/c1-16-23-19(26-8-3-2-4-9-26)15-20(24-16)27-10-12-28(13-11-27)21(29)25-18-7-5-6-17(22)14-18/h5-7,14-15H,2-4,8-13H2,1H3,(H,25,29). The van der Waals surface area contributed by atoms with Crippen LogP contribution in [0.25, 0.3) is 0 Å². The smallest absolute Gasteiger partial charge is 0.321 e. The summed E-state index contributed by atoms with van der Waals surface area (Å²) in [5.41, 5.74) is 0.711. The molecule has 7 nitrogen and oxygen atoms in total. The Labute approximate surface area is 176 Å². The van der Waals surface area contributed by atoms with Crippen molar-refractivity contribution in [2.45, 2.75) is 26.2 Å². The van der Waals surface area contributed by atoms with E-state index in [1.165, 1.54) is 19.3 Å². The molecule has 1 aromatic heterocycles. The number of halogens is 1. The topological polar surface area (TPSA) is 64.6 Å². The predicted molar refractivity (Wildman–Crippen MR) is 117 cm³/mol. The van der Waals surface area contributed by atoms with Crippen LogP contribution in [0, 0.1) is 6.92 Å². The zero-order chi connectivity index (χ0) is 20.2. The van der Waals surface area contributed by atoms with Crippen molar-refractivity contribution in [3.05, 3.63) is 41.2 Å². The molecular weight excluding hydrogens is 388 g/mol. The van der Waals surface area contributed by atoms with E-state index in [-0.39, 0.29) is 6.03 Å². The van der Waals surface area contributed by atoms with Gasteiger partial charge in [0.25, 0.3) is 0 Å². The van der Waals surface area contributed by atoms with E-state index in [1.54, 1.807) is 12.1 Å². The Hall–Kier alpha value is -2.54. The molecule has 2 saturated heterocycles. The largest absolute Gasteiger partial charge is 0.356 e. The van der Waals surface area contributed by atoms with Gasteiger partial charge in [-0.3, -0.25) is 0 Å². The van der Waals surface area contributed by atoms with Gasteiger partial charge in [0.05, 0.1) is 0 Å². The molecule has 2 aromatic rings. The molecule has 1 aromatic carbocycles. The zero-order valence-corrected chi connectivity index (χ0v) is 17.5. The monoisotopic (exact) mass is 414 g/mol. The molecule has 2 aliphatic rings. The van der Waals surface area contributed by atoms with Crippen molar-refractivity contribution in [3.63, 3.8) is 0 Å². The first-order valence-corrected chi connectivity index (χ1v) is 10.6. The number of aryl methyl sites for hydroxylation is 1. The van der Waals surface area contributed by atoms with Gasteiger partial charge in [-0.1, -0.05) is 17.7 Å². The van der Waals surface area contributed by atoms with E-state index in [0.717, 1.165) is 43.6 Å². The van der Waals surface area contributed by atoms with Crippen molar-refractivity contribution in [2.24, 2.45) is 0 Å². The summed E-state index contributed by atoms with van der Waals surface area (Å²) in [5, 5.41) is 3.53. The highest BCUT2D eigenvalue weighted by molar-refractivity contribution is 6.30. The number of anilines is 3. The minimum atomic E-state index is -0.0974. The fraction of sp³-hybridized carbons (Fsp3) is 0.476. The first-order valence-electron chi connectivity index (χ1n) is 10.3. The molecule has 0 radical (unpaired) electrons. The first kappa shape index (κ1) is 19.8. The molecule has 0 bridgehead atoms. The van der Waals surface area contributed by atoms with Crippen LogP contribution in [0.3, 0.4) is 0 Å². The van der Waals surface area contributed by atoms with Crippen LogP contribution in [0.1, 0.15) is 25.1 Å². The molecule has 0 saturated carbocycles. The number of hydrogen-bond donors (Lipinski definition) is 1. The van der Waals surface area contributed by atoms with Crippen LogP contribution in [-0.2, 0) is 0 Å². The minimum absolute atomic E-state index is 0.0974. The van der Waals surface area contributed by atoms with Gasteiger partial charge in [-0.05, 0) is 44.4 Å². The Bertz CT molecular complexity index is 862. The molecule has 154 valence electrons. The highest BCUT2D eigenvalue weighted by Gasteiger charge is 2.23. The maximum Gasteiger partial charge on any atom is 0.321 e.